The Hall–Kier alpha value is -2.98. The predicted octanol–water partition coefficient (Wildman–Crippen LogP) is 1.33. The van der Waals surface area contributed by atoms with Gasteiger partial charge in [0, 0.05) is 16.6 Å². The van der Waals surface area contributed by atoms with E-state index in [4.69, 9.17) is 9.47 Å². The first-order chi connectivity index (χ1) is 10.7. The van der Waals surface area contributed by atoms with E-state index in [1.807, 2.05) is 0 Å². The minimum absolute atomic E-state index is 0.0131. The van der Waals surface area contributed by atoms with Crippen LogP contribution >= 0.6 is 0 Å². The highest BCUT2D eigenvalue weighted by Crippen LogP contribution is 2.38. The van der Waals surface area contributed by atoms with Gasteiger partial charge in [0.25, 0.3) is 0 Å². The fourth-order valence-corrected chi connectivity index (χ4v) is 2.14. The molecule has 1 aromatic rings. The lowest BCUT2D eigenvalue weighted by atomic mass is 9.87. The van der Waals surface area contributed by atoms with Crippen molar-refractivity contribution in [1.29, 1.82) is 0 Å². The van der Waals surface area contributed by atoms with Gasteiger partial charge in [-0.2, -0.15) is 0 Å². The summed E-state index contributed by atoms with van der Waals surface area (Å²) in [6, 6.07) is 4.03. The molecule has 0 fully saturated rings. The average Bonchev–Trinajstić information content (AvgIpc) is 2.50. The Balaban J connectivity index is 3.57. The lowest BCUT2D eigenvalue weighted by molar-refractivity contribution is -0.799. The van der Waals surface area contributed by atoms with Crippen molar-refractivity contribution in [1.82, 2.24) is 0 Å². The molecular weight excluding hydrogens is 314 g/mol. The summed E-state index contributed by atoms with van der Waals surface area (Å²) in [5.41, 5.74) is -2.80. The van der Waals surface area contributed by atoms with E-state index in [9.17, 15) is 30.3 Å². The Morgan fingerprint density at radius 3 is 2.04 bits per heavy atom. The third-order valence-corrected chi connectivity index (χ3v) is 3.55. The van der Waals surface area contributed by atoms with Gasteiger partial charge in [-0.25, -0.2) is 0 Å². The highest BCUT2D eigenvalue weighted by Gasteiger charge is 2.61. The maximum atomic E-state index is 11.3. The molecule has 0 bridgehead atoms. The van der Waals surface area contributed by atoms with Gasteiger partial charge in [0.2, 0.25) is 6.54 Å². The fraction of sp³-hybridized carbons (Fsp3) is 0.500. The molecule has 1 aromatic carbocycles. The quantitative estimate of drug-likeness (QED) is 0.394. The smallest absolute Gasteiger partial charge is 0.468 e. The Kier molecular flexibility index (Phi) is 5.38. The first-order valence-corrected chi connectivity index (χ1v) is 6.31. The second-order valence-electron chi connectivity index (χ2n) is 4.78. The summed E-state index contributed by atoms with van der Waals surface area (Å²) in [6.45, 7) is -0.258. The second kappa shape index (κ2) is 6.85. The van der Waals surface area contributed by atoms with Crippen molar-refractivity contribution in [2.24, 2.45) is 0 Å². The number of nitrogens with zero attached hydrogens (tertiary/aromatic N) is 3. The SMILES string of the molecule is COc1ccc(C(C[N+](=O)[O-])C(C)([N+](=O)[O-])[N+](=O)[O-])c(OC)c1. The van der Waals surface area contributed by atoms with Crippen LogP contribution in [-0.4, -0.2) is 41.2 Å². The van der Waals surface area contributed by atoms with Gasteiger partial charge in [-0.1, -0.05) is 6.07 Å². The Morgan fingerprint density at radius 1 is 1.09 bits per heavy atom. The summed E-state index contributed by atoms with van der Waals surface area (Å²) in [4.78, 5) is 30.3. The van der Waals surface area contributed by atoms with Crippen LogP contribution in [0.2, 0.25) is 0 Å². The van der Waals surface area contributed by atoms with Crippen molar-refractivity contribution in [2.45, 2.75) is 18.5 Å². The molecule has 0 heterocycles. The second-order valence-corrected chi connectivity index (χ2v) is 4.78. The van der Waals surface area contributed by atoms with Gasteiger partial charge >= 0.3 is 5.66 Å². The van der Waals surface area contributed by atoms with Crippen molar-refractivity contribution in [2.75, 3.05) is 20.8 Å². The molecule has 0 N–H and O–H groups in total. The van der Waals surface area contributed by atoms with Gasteiger partial charge in [0.1, 0.15) is 11.5 Å². The number of benzene rings is 1. The van der Waals surface area contributed by atoms with Crippen molar-refractivity contribution in [3.05, 3.63) is 54.1 Å². The maximum Gasteiger partial charge on any atom is 0.468 e. The molecule has 0 radical (unpaired) electrons. The van der Waals surface area contributed by atoms with E-state index in [2.05, 4.69) is 0 Å². The Morgan fingerprint density at radius 2 is 1.65 bits per heavy atom. The Labute approximate surface area is 130 Å². The first-order valence-electron chi connectivity index (χ1n) is 6.31. The van der Waals surface area contributed by atoms with Gasteiger partial charge in [-0.3, -0.25) is 30.3 Å². The van der Waals surface area contributed by atoms with Crippen molar-refractivity contribution in [3.8, 4) is 11.5 Å². The van der Waals surface area contributed by atoms with Crippen LogP contribution < -0.4 is 9.47 Å². The number of hydrogen-bond donors (Lipinski definition) is 0. The lowest BCUT2D eigenvalue weighted by Gasteiger charge is -2.22. The number of ether oxygens (including phenoxy) is 2. The molecule has 0 aliphatic heterocycles. The summed E-state index contributed by atoms with van der Waals surface area (Å²) in [6.07, 6.45) is 0. The predicted molar refractivity (Wildman–Crippen MR) is 76.5 cm³/mol. The fourth-order valence-electron chi connectivity index (χ4n) is 2.14. The third-order valence-electron chi connectivity index (χ3n) is 3.55. The highest BCUT2D eigenvalue weighted by atomic mass is 16.7. The van der Waals surface area contributed by atoms with Gasteiger partial charge in [-0.05, 0) is 6.07 Å². The van der Waals surface area contributed by atoms with Gasteiger partial charge < -0.3 is 9.47 Å². The number of nitro groups is 3. The molecule has 11 heteroatoms. The monoisotopic (exact) mass is 329 g/mol. The minimum Gasteiger partial charge on any atom is -0.497 e. The topological polar surface area (TPSA) is 148 Å². The summed E-state index contributed by atoms with van der Waals surface area (Å²) in [5.74, 6) is -1.26. The third kappa shape index (κ3) is 3.44. The summed E-state index contributed by atoms with van der Waals surface area (Å²) >= 11 is 0. The van der Waals surface area contributed by atoms with Crippen LogP contribution in [0.5, 0.6) is 11.5 Å². The summed E-state index contributed by atoms with van der Waals surface area (Å²) in [7, 11) is 2.62. The molecule has 0 aromatic heterocycles. The molecule has 126 valence electrons. The molecule has 0 saturated carbocycles. The zero-order valence-corrected chi connectivity index (χ0v) is 12.6. The molecular formula is C12H15N3O8. The molecule has 1 rings (SSSR count). The molecule has 23 heavy (non-hydrogen) atoms. The lowest BCUT2D eigenvalue weighted by Crippen LogP contribution is -2.50. The van der Waals surface area contributed by atoms with E-state index in [1.54, 1.807) is 0 Å². The van der Waals surface area contributed by atoms with Crippen LogP contribution in [0.4, 0.5) is 0 Å². The van der Waals surface area contributed by atoms with Crippen molar-refractivity contribution >= 4 is 0 Å². The van der Waals surface area contributed by atoms with Crippen LogP contribution in [0.1, 0.15) is 18.4 Å². The minimum atomic E-state index is -2.78. The van der Waals surface area contributed by atoms with Crippen LogP contribution in [-0.2, 0) is 0 Å². The van der Waals surface area contributed by atoms with Crippen molar-refractivity contribution < 1.29 is 24.2 Å². The molecule has 0 aliphatic carbocycles. The van der Waals surface area contributed by atoms with E-state index < -0.39 is 32.9 Å². The zero-order chi connectivity index (χ0) is 17.8. The summed E-state index contributed by atoms with van der Waals surface area (Å²) < 4.78 is 10.0. The highest BCUT2D eigenvalue weighted by molar-refractivity contribution is 5.43. The van der Waals surface area contributed by atoms with Crippen LogP contribution in [0.15, 0.2) is 18.2 Å². The maximum absolute atomic E-state index is 11.3. The van der Waals surface area contributed by atoms with Crippen LogP contribution in [0, 0.1) is 30.3 Å². The first kappa shape index (κ1) is 18.1. The van der Waals surface area contributed by atoms with Gasteiger partial charge in [0.15, 0.2) is 5.92 Å². The molecule has 1 unspecified atom stereocenters. The number of methoxy groups -OCH3 is 2. The largest absolute Gasteiger partial charge is 0.497 e. The van der Waals surface area contributed by atoms with Crippen LogP contribution in [0.25, 0.3) is 0 Å². The van der Waals surface area contributed by atoms with Crippen LogP contribution in [0.3, 0.4) is 0 Å². The van der Waals surface area contributed by atoms with E-state index in [0.29, 0.717) is 5.75 Å². The molecule has 11 nitrogen and oxygen atoms in total. The van der Waals surface area contributed by atoms with Gasteiger partial charge in [0.05, 0.1) is 31.0 Å². The summed E-state index contributed by atoms with van der Waals surface area (Å²) in [5, 5.41) is 33.4. The molecule has 0 spiro atoms. The molecule has 0 saturated heterocycles. The van der Waals surface area contributed by atoms with E-state index >= 15 is 0 Å². The van der Waals surface area contributed by atoms with E-state index in [-0.39, 0.29) is 11.3 Å². The number of hydrogen-bond acceptors (Lipinski definition) is 8. The number of rotatable bonds is 8. The standard InChI is InChI=1S/C12H15N3O8/c1-12(14(18)19,15(20)21)10(7-13(16)17)9-5-4-8(22-2)6-11(9)23-3/h4-6,10H,7H2,1-3H3. The average molecular weight is 329 g/mol. The van der Waals surface area contributed by atoms with Crippen molar-refractivity contribution in [3.63, 3.8) is 0 Å². The van der Waals surface area contributed by atoms with Gasteiger partial charge in [-0.15, -0.1) is 0 Å². The van der Waals surface area contributed by atoms with E-state index in [0.717, 1.165) is 6.92 Å². The molecule has 1 atom stereocenters. The normalized spacial score (nSPS) is 12.3. The van der Waals surface area contributed by atoms with E-state index in [1.165, 1.54) is 32.4 Å². The Bertz CT molecular complexity index is 619. The molecule has 0 aliphatic rings. The zero-order valence-electron chi connectivity index (χ0n) is 12.6. The molecule has 0 amide bonds.